The van der Waals surface area contributed by atoms with Gasteiger partial charge in [-0.3, -0.25) is 0 Å². The minimum absolute atomic E-state index is 0.0161. The summed E-state index contributed by atoms with van der Waals surface area (Å²) in [6.45, 7) is 2.94. The van der Waals surface area contributed by atoms with Crippen LogP contribution in [0.1, 0.15) is 12.8 Å². The normalized spacial score (nSPS) is 29.6. The highest BCUT2D eigenvalue weighted by Crippen LogP contribution is 2.29. The topological polar surface area (TPSA) is 75.4 Å². The van der Waals surface area contributed by atoms with E-state index >= 15 is 0 Å². The molecule has 0 radical (unpaired) electrons. The molecule has 1 atom stereocenters. The van der Waals surface area contributed by atoms with Crippen LogP contribution in [-0.2, 0) is 10.0 Å². The van der Waals surface area contributed by atoms with Gasteiger partial charge in [0, 0.05) is 17.6 Å². The molecule has 0 spiro atoms. The number of hydrogen-bond acceptors (Lipinski definition) is 4. The predicted molar refractivity (Wildman–Crippen MR) is 79.1 cm³/mol. The molecule has 7 heteroatoms. The first kappa shape index (κ1) is 14.1. The fourth-order valence-electron chi connectivity index (χ4n) is 3.13. The summed E-state index contributed by atoms with van der Waals surface area (Å²) in [5.74, 6) is 0.434. The number of halogens is 1. The van der Waals surface area contributed by atoms with E-state index in [1.165, 1.54) is 12.1 Å². The van der Waals surface area contributed by atoms with Gasteiger partial charge in [0.1, 0.15) is 4.90 Å². The molecule has 0 saturated carbocycles. The summed E-state index contributed by atoms with van der Waals surface area (Å²) < 4.78 is 27.7. The molecule has 20 heavy (non-hydrogen) atoms. The maximum atomic E-state index is 12.5. The second-order valence-electron chi connectivity index (χ2n) is 5.55. The Balaban J connectivity index is 1.82. The third kappa shape index (κ3) is 2.65. The van der Waals surface area contributed by atoms with Crippen molar-refractivity contribution in [2.75, 3.05) is 25.4 Å². The standard InChI is InChI=1S/C13H18ClN3O2S/c14-10-1-2-13(11(15)7-10)20(18,19)16-12-8-17-5-3-9(12)4-6-17/h1-2,7,9,12,16H,3-6,8,15H2. The van der Waals surface area contributed by atoms with Crippen LogP contribution < -0.4 is 10.5 Å². The van der Waals surface area contributed by atoms with Crippen molar-refractivity contribution in [3.05, 3.63) is 23.2 Å². The van der Waals surface area contributed by atoms with Crippen LogP contribution in [0.4, 0.5) is 5.69 Å². The first-order valence-corrected chi connectivity index (χ1v) is 8.61. The first-order chi connectivity index (χ1) is 9.45. The van der Waals surface area contributed by atoms with E-state index in [0.29, 0.717) is 10.9 Å². The van der Waals surface area contributed by atoms with Crippen molar-refractivity contribution in [2.24, 2.45) is 5.92 Å². The molecule has 3 fully saturated rings. The van der Waals surface area contributed by atoms with Gasteiger partial charge in [-0.25, -0.2) is 13.1 Å². The molecule has 3 aliphatic rings. The monoisotopic (exact) mass is 315 g/mol. The van der Waals surface area contributed by atoms with Crippen LogP contribution in [-0.4, -0.2) is 39.0 Å². The van der Waals surface area contributed by atoms with Crippen LogP contribution in [0.2, 0.25) is 5.02 Å². The molecule has 3 N–H and O–H groups in total. The van der Waals surface area contributed by atoms with Gasteiger partial charge in [-0.15, -0.1) is 0 Å². The van der Waals surface area contributed by atoms with Crippen LogP contribution >= 0.6 is 11.6 Å². The summed E-state index contributed by atoms with van der Waals surface area (Å²) >= 11 is 5.81. The molecular formula is C13H18ClN3O2S. The van der Waals surface area contributed by atoms with Gasteiger partial charge in [0.25, 0.3) is 0 Å². The lowest BCUT2D eigenvalue weighted by Gasteiger charge is -2.44. The van der Waals surface area contributed by atoms with Gasteiger partial charge < -0.3 is 10.6 Å². The van der Waals surface area contributed by atoms with Crippen molar-refractivity contribution in [3.63, 3.8) is 0 Å². The third-order valence-electron chi connectivity index (χ3n) is 4.22. The Bertz CT molecular complexity index is 612. The van der Waals surface area contributed by atoms with Gasteiger partial charge >= 0.3 is 0 Å². The minimum Gasteiger partial charge on any atom is -0.398 e. The molecule has 110 valence electrons. The number of sulfonamides is 1. The van der Waals surface area contributed by atoms with Gasteiger partial charge in [-0.05, 0) is 50.0 Å². The van der Waals surface area contributed by atoms with Crippen molar-refractivity contribution in [2.45, 2.75) is 23.8 Å². The Kier molecular flexibility index (Phi) is 3.66. The quantitative estimate of drug-likeness (QED) is 0.824. The maximum absolute atomic E-state index is 12.5. The largest absolute Gasteiger partial charge is 0.398 e. The van der Waals surface area contributed by atoms with Crippen molar-refractivity contribution < 1.29 is 8.42 Å². The number of hydrogen-bond donors (Lipinski definition) is 2. The molecule has 3 saturated heterocycles. The van der Waals surface area contributed by atoms with Crippen molar-refractivity contribution >= 4 is 27.3 Å². The highest BCUT2D eigenvalue weighted by Gasteiger charge is 2.36. The Morgan fingerprint density at radius 1 is 1.30 bits per heavy atom. The van der Waals surface area contributed by atoms with Gasteiger partial charge in [0.05, 0.1) is 5.69 Å². The number of nitrogens with two attached hydrogens (primary N) is 1. The molecular weight excluding hydrogens is 298 g/mol. The predicted octanol–water partition coefficient (Wildman–Crippen LogP) is 1.29. The Morgan fingerprint density at radius 3 is 2.55 bits per heavy atom. The van der Waals surface area contributed by atoms with Crippen LogP contribution in [0.15, 0.2) is 23.1 Å². The zero-order chi connectivity index (χ0) is 14.3. The number of nitrogens with zero attached hydrogens (tertiary/aromatic N) is 1. The Hall–Kier alpha value is -0.820. The molecule has 5 nitrogen and oxygen atoms in total. The van der Waals surface area contributed by atoms with Crippen LogP contribution in [0.5, 0.6) is 0 Å². The number of piperidine rings is 3. The molecule has 1 aromatic carbocycles. The van der Waals surface area contributed by atoms with E-state index in [1.54, 1.807) is 6.07 Å². The minimum atomic E-state index is -3.59. The molecule has 0 aliphatic carbocycles. The lowest BCUT2D eigenvalue weighted by molar-refractivity contribution is 0.0827. The number of benzene rings is 1. The fourth-order valence-corrected chi connectivity index (χ4v) is 4.71. The van der Waals surface area contributed by atoms with E-state index < -0.39 is 10.0 Å². The maximum Gasteiger partial charge on any atom is 0.242 e. The number of nitrogens with one attached hydrogen (secondary N) is 1. The van der Waals surface area contributed by atoms with Gasteiger partial charge in [-0.1, -0.05) is 11.6 Å². The SMILES string of the molecule is Nc1cc(Cl)ccc1S(=O)(=O)NC1CN2CCC1CC2. The number of fused-ring (bicyclic) bond motifs is 3. The first-order valence-electron chi connectivity index (χ1n) is 6.75. The van der Waals surface area contributed by atoms with E-state index in [9.17, 15) is 8.42 Å². The van der Waals surface area contributed by atoms with Crippen molar-refractivity contribution in [3.8, 4) is 0 Å². The van der Waals surface area contributed by atoms with E-state index in [2.05, 4.69) is 9.62 Å². The second-order valence-corrected chi connectivity index (χ2v) is 7.67. The van der Waals surface area contributed by atoms with Gasteiger partial charge in [0.2, 0.25) is 10.0 Å². The van der Waals surface area contributed by atoms with E-state index in [0.717, 1.165) is 32.5 Å². The average Bonchev–Trinajstić information content (AvgIpc) is 2.39. The molecule has 3 aliphatic heterocycles. The summed E-state index contributed by atoms with van der Waals surface area (Å²) in [5.41, 5.74) is 5.96. The summed E-state index contributed by atoms with van der Waals surface area (Å²) in [6.07, 6.45) is 2.12. The Morgan fingerprint density at radius 2 is 2.00 bits per heavy atom. The number of rotatable bonds is 3. The number of nitrogen functional groups attached to an aromatic ring is 1. The van der Waals surface area contributed by atoms with Crippen molar-refractivity contribution in [1.82, 2.24) is 9.62 Å². The summed E-state index contributed by atoms with van der Waals surface area (Å²) in [6, 6.07) is 4.45. The van der Waals surface area contributed by atoms with Crippen LogP contribution in [0.3, 0.4) is 0 Å². The highest BCUT2D eigenvalue weighted by atomic mass is 35.5. The zero-order valence-electron chi connectivity index (χ0n) is 11.0. The molecule has 3 heterocycles. The molecule has 0 aromatic heterocycles. The highest BCUT2D eigenvalue weighted by molar-refractivity contribution is 7.89. The lowest BCUT2D eigenvalue weighted by Crippen LogP contribution is -2.57. The average molecular weight is 316 g/mol. The lowest BCUT2D eigenvalue weighted by atomic mass is 9.85. The van der Waals surface area contributed by atoms with Crippen LogP contribution in [0.25, 0.3) is 0 Å². The molecule has 1 unspecified atom stereocenters. The molecule has 4 rings (SSSR count). The summed E-state index contributed by atoms with van der Waals surface area (Å²) in [5, 5.41) is 0.435. The molecule has 1 aromatic rings. The molecule has 2 bridgehead atoms. The second kappa shape index (κ2) is 5.18. The Labute approximate surface area is 124 Å². The third-order valence-corrected chi connectivity index (χ3v) is 6.02. The van der Waals surface area contributed by atoms with Gasteiger partial charge in [0.15, 0.2) is 0 Å². The van der Waals surface area contributed by atoms with Gasteiger partial charge in [-0.2, -0.15) is 0 Å². The summed E-state index contributed by atoms with van der Waals surface area (Å²) in [4.78, 5) is 2.41. The van der Waals surface area contributed by atoms with E-state index in [1.807, 2.05) is 0 Å². The molecule has 0 amide bonds. The summed E-state index contributed by atoms with van der Waals surface area (Å²) in [7, 11) is -3.59. The zero-order valence-corrected chi connectivity index (χ0v) is 12.6. The number of anilines is 1. The fraction of sp³-hybridized carbons (Fsp3) is 0.538. The van der Waals surface area contributed by atoms with E-state index in [-0.39, 0.29) is 16.6 Å². The van der Waals surface area contributed by atoms with Crippen LogP contribution in [0, 0.1) is 5.92 Å². The van der Waals surface area contributed by atoms with E-state index in [4.69, 9.17) is 17.3 Å². The van der Waals surface area contributed by atoms with Crippen molar-refractivity contribution in [1.29, 1.82) is 0 Å². The smallest absolute Gasteiger partial charge is 0.242 e.